The monoisotopic (exact) mass is 428 g/mol. The summed E-state index contributed by atoms with van der Waals surface area (Å²) in [6.45, 7) is 8.10. The number of aryl methyl sites for hydroxylation is 1. The first-order valence-electron chi connectivity index (χ1n) is 9.38. The van der Waals surface area contributed by atoms with E-state index in [1.54, 1.807) is 0 Å². The van der Waals surface area contributed by atoms with E-state index in [9.17, 15) is 0 Å². The molecule has 0 spiro atoms. The lowest BCUT2D eigenvalue weighted by Crippen LogP contribution is -2.21. The quantitative estimate of drug-likeness (QED) is 0.518. The van der Waals surface area contributed by atoms with Gasteiger partial charge in [-0.2, -0.15) is 0 Å². The zero-order valence-corrected chi connectivity index (χ0v) is 19.0. The van der Waals surface area contributed by atoms with Crippen molar-refractivity contribution in [2.75, 3.05) is 33.8 Å². The lowest BCUT2D eigenvalue weighted by Gasteiger charge is -2.17. The number of nitrogens with one attached hydrogen (secondary N) is 1. The zero-order valence-electron chi connectivity index (χ0n) is 17.4. The molecule has 0 amide bonds. The third kappa shape index (κ3) is 9.16. The molecule has 2 aromatic rings. The van der Waals surface area contributed by atoms with Crippen LogP contribution in [0.15, 0.2) is 42.5 Å². The molecule has 0 saturated carbocycles. The van der Waals surface area contributed by atoms with Crippen LogP contribution >= 0.6 is 24.8 Å². The average molecular weight is 429 g/mol. The molecule has 0 fully saturated rings. The molecule has 0 aliphatic rings. The lowest BCUT2D eigenvalue weighted by molar-refractivity contribution is 0.266. The molecule has 1 N–H and O–H groups in total. The molecule has 0 atom stereocenters. The van der Waals surface area contributed by atoms with E-state index in [4.69, 9.17) is 9.47 Å². The van der Waals surface area contributed by atoms with Gasteiger partial charge in [0.1, 0.15) is 6.61 Å². The molecule has 6 heteroatoms. The first-order valence-corrected chi connectivity index (χ1v) is 9.38. The SMILES string of the molecule is CCOc1cccc(CNCCCN(C)C)c1OCc1ccc(C)cc1.Cl.Cl. The van der Waals surface area contributed by atoms with Gasteiger partial charge in [-0.1, -0.05) is 42.0 Å². The second-order valence-electron chi connectivity index (χ2n) is 6.79. The summed E-state index contributed by atoms with van der Waals surface area (Å²) >= 11 is 0. The van der Waals surface area contributed by atoms with E-state index < -0.39 is 0 Å². The van der Waals surface area contributed by atoms with E-state index in [1.165, 1.54) is 5.56 Å². The van der Waals surface area contributed by atoms with Gasteiger partial charge in [-0.15, -0.1) is 24.8 Å². The zero-order chi connectivity index (χ0) is 18.8. The summed E-state index contributed by atoms with van der Waals surface area (Å²) in [6.07, 6.45) is 1.12. The van der Waals surface area contributed by atoms with Crippen LogP contribution in [0.25, 0.3) is 0 Å². The Bertz CT molecular complexity index is 664. The van der Waals surface area contributed by atoms with Gasteiger partial charge in [-0.3, -0.25) is 0 Å². The molecular weight excluding hydrogens is 395 g/mol. The first-order chi connectivity index (χ1) is 12.6. The fourth-order valence-electron chi connectivity index (χ4n) is 2.72. The average Bonchev–Trinajstić information content (AvgIpc) is 2.62. The van der Waals surface area contributed by atoms with E-state index in [-0.39, 0.29) is 24.8 Å². The van der Waals surface area contributed by atoms with Crippen molar-refractivity contribution in [3.8, 4) is 11.5 Å². The standard InChI is InChI=1S/C22H32N2O2.2ClH/c1-5-25-21-9-6-8-20(16-23-14-7-15-24(3)4)22(21)26-17-19-12-10-18(2)11-13-19;;/h6,8-13,23H,5,7,14-17H2,1-4H3;2*1H. The summed E-state index contributed by atoms with van der Waals surface area (Å²) in [5, 5.41) is 3.51. The second-order valence-corrected chi connectivity index (χ2v) is 6.79. The van der Waals surface area contributed by atoms with Crippen LogP contribution in [0, 0.1) is 6.92 Å². The predicted octanol–water partition coefficient (Wildman–Crippen LogP) is 4.86. The van der Waals surface area contributed by atoms with Crippen LogP contribution in [0.4, 0.5) is 0 Å². The highest BCUT2D eigenvalue weighted by atomic mass is 35.5. The minimum absolute atomic E-state index is 0. The van der Waals surface area contributed by atoms with Crippen molar-refractivity contribution in [1.29, 1.82) is 0 Å². The molecule has 0 radical (unpaired) electrons. The molecule has 0 saturated heterocycles. The summed E-state index contributed by atoms with van der Waals surface area (Å²) in [4.78, 5) is 2.20. The smallest absolute Gasteiger partial charge is 0.166 e. The van der Waals surface area contributed by atoms with Gasteiger partial charge in [0.25, 0.3) is 0 Å². The van der Waals surface area contributed by atoms with E-state index in [0.717, 1.165) is 48.7 Å². The summed E-state index contributed by atoms with van der Waals surface area (Å²) in [5.41, 5.74) is 3.55. The number of ether oxygens (including phenoxy) is 2. The highest BCUT2D eigenvalue weighted by molar-refractivity contribution is 5.85. The summed E-state index contributed by atoms with van der Waals surface area (Å²) in [7, 11) is 4.20. The Morgan fingerprint density at radius 2 is 1.68 bits per heavy atom. The molecule has 0 aromatic heterocycles. The Morgan fingerprint density at radius 1 is 0.964 bits per heavy atom. The van der Waals surface area contributed by atoms with Crippen LogP contribution in [0.1, 0.15) is 30.0 Å². The fourth-order valence-corrected chi connectivity index (χ4v) is 2.72. The van der Waals surface area contributed by atoms with E-state index in [0.29, 0.717) is 13.2 Å². The molecular formula is C22H34Cl2N2O2. The maximum Gasteiger partial charge on any atom is 0.166 e. The van der Waals surface area contributed by atoms with Crippen molar-refractivity contribution in [3.05, 3.63) is 59.2 Å². The van der Waals surface area contributed by atoms with Crippen LogP contribution in [0.3, 0.4) is 0 Å². The maximum atomic E-state index is 6.17. The van der Waals surface area contributed by atoms with Crippen LogP contribution in [0.5, 0.6) is 11.5 Å². The van der Waals surface area contributed by atoms with Gasteiger partial charge >= 0.3 is 0 Å². The van der Waals surface area contributed by atoms with Gasteiger partial charge < -0.3 is 19.7 Å². The Hall–Kier alpha value is -1.46. The third-order valence-electron chi connectivity index (χ3n) is 4.14. The minimum Gasteiger partial charge on any atom is -0.490 e. The molecule has 28 heavy (non-hydrogen) atoms. The van der Waals surface area contributed by atoms with Crippen LogP contribution < -0.4 is 14.8 Å². The van der Waals surface area contributed by atoms with Crippen LogP contribution in [0.2, 0.25) is 0 Å². The van der Waals surface area contributed by atoms with Crippen molar-refractivity contribution in [2.24, 2.45) is 0 Å². The van der Waals surface area contributed by atoms with Crippen molar-refractivity contribution in [2.45, 2.75) is 33.4 Å². The van der Waals surface area contributed by atoms with E-state index in [1.807, 2.05) is 19.1 Å². The second kappa shape index (κ2) is 14.5. The third-order valence-corrected chi connectivity index (χ3v) is 4.14. The maximum absolute atomic E-state index is 6.17. The first kappa shape index (κ1) is 26.5. The molecule has 0 bridgehead atoms. The largest absolute Gasteiger partial charge is 0.490 e. The number of rotatable bonds is 11. The van der Waals surface area contributed by atoms with Gasteiger partial charge in [-0.25, -0.2) is 0 Å². The van der Waals surface area contributed by atoms with Crippen LogP contribution in [-0.4, -0.2) is 38.7 Å². The van der Waals surface area contributed by atoms with Gasteiger partial charge in [0.05, 0.1) is 6.61 Å². The Kier molecular flexibility index (Phi) is 13.8. The number of hydrogen-bond donors (Lipinski definition) is 1. The molecule has 158 valence electrons. The van der Waals surface area contributed by atoms with Gasteiger partial charge in [0.2, 0.25) is 0 Å². The van der Waals surface area contributed by atoms with E-state index in [2.05, 4.69) is 61.6 Å². The Balaban J connectivity index is 0.00000364. The normalized spacial score (nSPS) is 10.2. The van der Waals surface area contributed by atoms with Crippen molar-refractivity contribution < 1.29 is 9.47 Å². The van der Waals surface area contributed by atoms with Crippen LogP contribution in [-0.2, 0) is 13.2 Å². The number of halogens is 2. The molecule has 0 aliphatic heterocycles. The summed E-state index contributed by atoms with van der Waals surface area (Å²) < 4.78 is 12.0. The topological polar surface area (TPSA) is 33.7 Å². The molecule has 2 aromatic carbocycles. The van der Waals surface area contributed by atoms with Crippen molar-refractivity contribution in [3.63, 3.8) is 0 Å². The molecule has 0 aliphatic carbocycles. The summed E-state index contributed by atoms with van der Waals surface area (Å²) in [6, 6.07) is 14.5. The van der Waals surface area contributed by atoms with Gasteiger partial charge in [0, 0.05) is 12.1 Å². The number of benzene rings is 2. The highest BCUT2D eigenvalue weighted by Gasteiger charge is 2.11. The Labute approximate surface area is 182 Å². The van der Waals surface area contributed by atoms with Gasteiger partial charge in [-0.05, 0) is 59.1 Å². The Morgan fingerprint density at radius 3 is 2.32 bits per heavy atom. The number of nitrogens with zero attached hydrogens (tertiary/aromatic N) is 1. The molecule has 0 unspecified atom stereocenters. The molecule has 4 nitrogen and oxygen atoms in total. The number of para-hydroxylation sites is 1. The fraction of sp³-hybridized carbons (Fsp3) is 0.455. The van der Waals surface area contributed by atoms with Crippen molar-refractivity contribution >= 4 is 24.8 Å². The highest BCUT2D eigenvalue weighted by Crippen LogP contribution is 2.32. The lowest BCUT2D eigenvalue weighted by atomic mass is 10.1. The van der Waals surface area contributed by atoms with E-state index >= 15 is 0 Å². The minimum atomic E-state index is 0. The summed E-state index contributed by atoms with van der Waals surface area (Å²) in [5.74, 6) is 1.65. The number of hydrogen-bond acceptors (Lipinski definition) is 4. The molecule has 2 rings (SSSR count). The molecule has 0 heterocycles. The van der Waals surface area contributed by atoms with Crippen molar-refractivity contribution in [1.82, 2.24) is 10.2 Å². The predicted molar refractivity (Wildman–Crippen MR) is 122 cm³/mol. The van der Waals surface area contributed by atoms with Gasteiger partial charge in [0.15, 0.2) is 11.5 Å².